The molecule has 0 saturated carbocycles. The SMILES string of the molecule is CCCCCCCCCCCC(=O)NN=C(C)CCC. The van der Waals surface area contributed by atoms with Crippen molar-refractivity contribution in [2.45, 2.75) is 97.8 Å². The Balaban J connectivity index is 3.33. The molecule has 0 aliphatic rings. The molecule has 0 spiro atoms. The van der Waals surface area contributed by atoms with E-state index in [0.717, 1.165) is 25.0 Å². The number of hydrogen-bond donors (Lipinski definition) is 1. The minimum atomic E-state index is 0.0587. The molecule has 0 rings (SSSR count). The number of carbonyl (C=O) groups is 1. The first-order valence-corrected chi connectivity index (χ1v) is 8.52. The first-order chi connectivity index (χ1) is 9.70. The van der Waals surface area contributed by atoms with E-state index in [-0.39, 0.29) is 5.91 Å². The second-order valence-corrected chi connectivity index (χ2v) is 5.71. The highest BCUT2D eigenvalue weighted by atomic mass is 16.2. The first kappa shape index (κ1) is 19.1. The zero-order chi connectivity index (χ0) is 15.1. The molecular formula is C17H34N2O. The second kappa shape index (κ2) is 14.5. The van der Waals surface area contributed by atoms with Crippen molar-refractivity contribution in [3.05, 3.63) is 0 Å². The summed E-state index contributed by atoms with van der Waals surface area (Å²) in [5, 5.41) is 4.09. The topological polar surface area (TPSA) is 41.5 Å². The van der Waals surface area contributed by atoms with Gasteiger partial charge in [0.05, 0.1) is 0 Å². The minimum absolute atomic E-state index is 0.0587. The molecule has 3 heteroatoms. The number of nitrogens with one attached hydrogen (secondary N) is 1. The number of hydrazone groups is 1. The predicted molar refractivity (Wildman–Crippen MR) is 88.0 cm³/mol. The average molecular weight is 282 g/mol. The Labute approximate surface area is 125 Å². The van der Waals surface area contributed by atoms with Crippen LogP contribution in [0.2, 0.25) is 0 Å². The van der Waals surface area contributed by atoms with Crippen LogP contribution in [0.4, 0.5) is 0 Å². The highest BCUT2D eigenvalue weighted by molar-refractivity contribution is 5.84. The van der Waals surface area contributed by atoms with Gasteiger partial charge in [0.1, 0.15) is 0 Å². The smallest absolute Gasteiger partial charge is 0.240 e. The van der Waals surface area contributed by atoms with Gasteiger partial charge in [0.2, 0.25) is 5.91 Å². The van der Waals surface area contributed by atoms with Crippen molar-refractivity contribution in [2.24, 2.45) is 5.10 Å². The van der Waals surface area contributed by atoms with Gasteiger partial charge in [-0.05, 0) is 19.8 Å². The standard InChI is InChI=1S/C17H34N2O/c1-4-6-7-8-9-10-11-12-13-15-17(20)19-18-16(3)14-5-2/h4-15H2,1-3H3,(H,19,20). The summed E-state index contributed by atoms with van der Waals surface area (Å²) in [5.74, 6) is 0.0587. The van der Waals surface area contributed by atoms with Crippen molar-refractivity contribution in [3.63, 3.8) is 0 Å². The van der Waals surface area contributed by atoms with Crippen molar-refractivity contribution in [1.29, 1.82) is 0 Å². The maximum absolute atomic E-state index is 11.5. The average Bonchev–Trinajstić information content (AvgIpc) is 2.43. The summed E-state index contributed by atoms with van der Waals surface area (Å²) in [6.45, 7) is 6.32. The Morgan fingerprint density at radius 3 is 1.90 bits per heavy atom. The van der Waals surface area contributed by atoms with E-state index in [9.17, 15) is 4.79 Å². The molecule has 0 aromatic carbocycles. The van der Waals surface area contributed by atoms with E-state index in [2.05, 4.69) is 24.4 Å². The Hall–Kier alpha value is -0.860. The van der Waals surface area contributed by atoms with Crippen molar-refractivity contribution >= 4 is 11.6 Å². The van der Waals surface area contributed by atoms with E-state index in [0.29, 0.717) is 6.42 Å². The summed E-state index contributed by atoms with van der Waals surface area (Å²) in [7, 11) is 0. The lowest BCUT2D eigenvalue weighted by Gasteiger charge is -2.03. The molecule has 0 aliphatic heterocycles. The third-order valence-corrected chi connectivity index (χ3v) is 3.49. The maximum Gasteiger partial charge on any atom is 0.240 e. The van der Waals surface area contributed by atoms with Gasteiger partial charge < -0.3 is 0 Å². The highest BCUT2D eigenvalue weighted by Gasteiger charge is 2.00. The molecule has 0 radical (unpaired) electrons. The van der Waals surface area contributed by atoms with Gasteiger partial charge in [0, 0.05) is 12.1 Å². The number of nitrogens with zero attached hydrogens (tertiary/aromatic N) is 1. The number of amides is 1. The fourth-order valence-electron chi connectivity index (χ4n) is 2.23. The van der Waals surface area contributed by atoms with Gasteiger partial charge in [0.15, 0.2) is 0 Å². The van der Waals surface area contributed by atoms with E-state index in [1.807, 2.05) is 6.92 Å². The van der Waals surface area contributed by atoms with Gasteiger partial charge in [-0.25, -0.2) is 5.43 Å². The molecule has 0 fully saturated rings. The molecule has 0 aliphatic carbocycles. The molecule has 0 aromatic rings. The van der Waals surface area contributed by atoms with E-state index in [1.54, 1.807) is 0 Å². The molecule has 0 unspecified atom stereocenters. The van der Waals surface area contributed by atoms with Crippen LogP contribution >= 0.6 is 0 Å². The van der Waals surface area contributed by atoms with Crippen LogP contribution in [0, 0.1) is 0 Å². The van der Waals surface area contributed by atoms with E-state index >= 15 is 0 Å². The Bertz CT molecular complexity index is 262. The lowest BCUT2D eigenvalue weighted by molar-refractivity contribution is -0.121. The zero-order valence-electron chi connectivity index (χ0n) is 13.8. The summed E-state index contributed by atoms with van der Waals surface area (Å²) in [6.07, 6.45) is 14.2. The first-order valence-electron chi connectivity index (χ1n) is 8.52. The third-order valence-electron chi connectivity index (χ3n) is 3.49. The Morgan fingerprint density at radius 1 is 0.800 bits per heavy atom. The molecular weight excluding hydrogens is 248 g/mol. The van der Waals surface area contributed by atoms with Crippen molar-refractivity contribution in [2.75, 3.05) is 0 Å². The van der Waals surface area contributed by atoms with Crippen LogP contribution in [0.25, 0.3) is 0 Å². The summed E-state index contributed by atoms with van der Waals surface area (Å²) >= 11 is 0. The van der Waals surface area contributed by atoms with Gasteiger partial charge in [0.25, 0.3) is 0 Å². The van der Waals surface area contributed by atoms with Gasteiger partial charge in [-0.1, -0.05) is 71.6 Å². The quantitative estimate of drug-likeness (QED) is 0.281. The molecule has 118 valence electrons. The molecule has 0 bridgehead atoms. The molecule has 0 aromatic heterocycles. The van der Waals surface area contributed by atoms with Gasteiger partial charge >= 0.3 is 0 Å². The summed E-state index contributed by atoms with van der Waals surface area (Å²) in [6, 6.07) is 0. The number of hydrogen-bond acceptors (Lipinski definition) is 2. The molecule has 0 saturated heterocycles. The van der Waals surface area contributed by atoms with E-state index < -0.39 is 0 Å². The zero-order valence-corrected chi connectivity index (χ0v) is 13.8. The maximum atomic E-state index is 11.5. The van der Waals surface area contributed by atoms with Crippen molar-refractivity contribution in [1.82, 2.24) is 5.43 Å². The van der Waals surface area contributed by atoms with Gasteiger partial charge in [-0.3, -0.25) is 4.79 Å². The van der Waals surface area contributed by atoms with Gasteiger partial charge in [-0.2, -0.15) is 5.10 Å². The lowest BCUT2D eigenvalue weighted by atomic mass is 10.1. The second-order valence-electron chi connectivity index (χ2n) is 5.71. The van der Waals surface area contributed by atoms with Crippen LogP contribution < -0.4 is 5.43 Å². The van der Waals surface area contributed by atoms with Crippen LogP contribution in [-0.2, 0) is 4.79 Å². The normalized spacial score (nSPS) is 11.7. The highest BCUT2D eigenvalue weighted by Crippen LogP contribution is 2.10. The van der Waals surface area contributed by atoms with Gasteiger partial charge in [-0.15, -0.1) is 0 Å². The van der Waals surface area contributed by atoms with Crippen LogP contribution in [0.3, 0.4) is 0 Å². The molecule has 1 N–H and O–H groups in total. The monoisotopic (exact) mass is 282 g/mol. The molecule has 20 heavy (non-hydrogen) atoms. The lowest BCUT2D eigenvalue weighted by Crippen LogP contribution is -2.18. The molecule has 3 nitrogen and oxygen atoms in total. The fourth-order valence-corrected chi connectivity index (χ4v) is 2.23. The summed E-state index contributed by atoms with van der Waals surface area (Å²) in [4.78, 5) is 11.5. The van der Waals surface area contributed by atoms with Crippen LogP contribution in [0.5, 0.6) is 0 Å². The van der Waals surface area contributed by atoms with E-state index in [4.69, 9.17) is 0 Å². The number of rotatable bonds is 13. The third kappa shape index (κ3) is 13.6. The molecule has 0 atom stereocenters. The van der Waals surface area contributed by atoms with Crippen molar-refractivity contribution in [3.8, 4) is 0 Å². The van der Waals surface area contributed by atoms with Crippen LogP contribution in [0.15, 0.2) is 5.10 Å². The Kier molecular flexibility index (Phi) is 13.9. The largest absolute Gasteiger partial charge is 0.273 e. The fraction of sp³-hybridized carbons (Fsp3) is 0.882. The molecule has 1 amide bonds. The number of unbranched alkanes of at least 4 members (excludes halogenated alkanes) is 8. The Morgan fingerprint density at radius 2 is 1.35 bits per heavy atom. The summed E-state index contributed by atoms with van der Waals surface area (Å²) in [5.41, 5.74) is 3.65. The number of carbonyl (C=O) groups excluding carboxylic acids is 1. The van der Waals surface area contributed by atoms with E-state index in [1.165, 1.54) is 51.4 Å². The summed E-state index contributed by atoms with van der Waals surface area (Å²) < 4.78 is 0. The van der Waals surface area contributed by atoms with Crippen molar-refractivity contribution < 1.29 is 4.79 Å². The minimum Gasteiger partial charge on any atom is -0.273 e. The predicted octanol–water partition coefficient (Wildman–Crippen LogP) is 5.20. The van der Waals surface area contributed by atoms with Crippen LogP contribution in [-0.4, -0.2) is 11.6 Å². The molecule has 0 heterocycles. The van der Waals surface area contributed by atoms with Crippen LogP contribution in [0.1, 0.15) is 97.8 Å².